The van der Waals surface area contributed by atoms with Crippen LogP contribution < -0.4 is 9.47 Å². The minimum Gasteiger partial charge on any atom is -0.497 e. The van der Waals surface area contributed by atoms with Crippen LogP contribution in [0.15, 0.2) is 30.3 Å². The third kappa shape index (κ3) is 3.22. The highest BCUT2D eigenvalue weighted by Crippen LogP contribution is 2.38. The molecule has 120 valence electrons. The Kier molecular flexibility index (Phi) is 4.61. The van der Waals surface area contributed by atoms with Gasteiger partial charge in [-0.05, 0) is 17.7 Å². The van der Waals surface area contributed by atoms with Gasteiger partial charge in [0, 0.05) is 6.07 Å². The molecule has 0 bridgehead atoms. The summed E-state index contributed by atoms with van der Waals surface area (Å²) in [5.41, 5.74) is 2.14. The van der Waals surface area contributed by atoms with E-state index < -0.39 is 0 Å². The van der Waals surface area contributed by atoms with Crippen molar-refractivity contribution in [2.24, 2.45) is 0 Å². The van der Waals surface area contributed by atoms with Gasteiger partial charge < -0.3 is 19.6 Å². The van der Waals surface area contributed by atoms with E-state index in [9.17, 15) is 0 Å². The smallest absolute Gasteiger partial charge is 0.142 e. The largest absolute Gasteiger partial charge is 0.497 e. The highest BCUT2D eigenvalue weighted by molar-refractivity contribution is 6.45. The molecule has 1 aromatic heterocycles. The van der Waals surface area contributed by atoms with Gasteiger partial charge in [0.2, 0.25) is 0 Å². The molecule has 7 heteroatoms. The van der Waals surface area contributed by atoms with Gasteiger partial charge in [0.1, 0.15) is 35.6 Å². The Hall–Kier alpha value is -1.95. The van der Waals surface area contributed by atoms with Crippen LogP contribution in [0.3, 0.4) is 0 Å². The van der Waals surface area contributed by atoms with Crippen molar-refractivity contribution in [2.75, 3.05) is 7.11 Å². The van der Waals surface area contributed by atoms with Crippen LogP contribution in [0.1, 0.15) is 11.4 Å². The molecule has 0 saturated carbocycles. The lowest BCUT2D eigenvalue weighted by molar-refractivity contribution is 0.273. The summed E-state index contributed by atoms with van der Waals surface area (Å²) in [6.07, 6.45) is 0. The average molecular weight is 353 g/mol. The number of ether oxygens (including phenoxy) is 2. The van der Waals surface area contributed by atoms with E-state index in [1.54, 1.807) is 13.2 Å². The Morgan fingerprint density at radius 3 is 2.57 bits per heavy atom. The standard InChI is InChI=1S/C16H14Cl2N2O3/c1-22-10-4-2-9(3-5-10)8-23-12-6-11-16(15(18)14(12)17)20-13(7-21)19-11/h2-6,21H,7-8H2,1H3,(H,19,20). The maximum Gasteiger partial charge on any atom is 0.142 e. The molecule has 23 heavy (non-hydrogen) atoms. The zero-order chi connectivity index (χ0) is 16.4. The summed E-state index contributed by atoms with van der Waals surface area (Å²) >= 11 is 12.5. The van der Waals surface area contributed by atoms with Crippen molar-refractivity contribution in [1.82, 2.24) is 9.97 Å². The summed E-state index contributed by atoms with van der Waals surface area (Å²) in [6, 6.07) is 9.23. The van der Waals surface area contributed by atoms with E-state index in [1.807, 2.05) is 24.3 Å². The van der Waals surface area contributed by atoms with Gasteiger partial charge in [-0.25, -0.2) is 4.98 Å². The van der Waals surface area contributed by atoms with Crippen molar-refractivity contribution in [3.8, 4) is 11.5 Å². The van der Waals surface area contributed by atoms with Crippen LogP contribution in [-0.2, 0) is 13.2 Å². The van der Waals surface area contributed by atoms with E-state index >= 15 is 0 Å². The molecule has 2 N–H and O–H groups in total. The molecule has 0 saturated heterocycles. The molecule has 0 aliphatic rings. The number of benzene rings is 2. The second-order valence-corrected chi connectivity index (χ2v) is 5.63. The molecule has 0 spiro atoms. The lowest BCUT2D eigenvalue weighted by Gasteiger charge is -2.10. The normalized spacial score (nSPS) is 11.0. The summed E-state index contributed by atoms with van der Waals surface area (Å²) in [6.45, 7) is 0.132. The summed E-state index contributed by atoms with van der Waals surface area (Å²) < 4.78 is 10.9. The van der Waals surface area contributed by atoms with Crippen LogP contribution in [0.25, 0.3) is 11.0 Å². The van der Waals surface area contributed by atoms with Crippen molar-refractivity contribution in [2.45, 2.75) is 13.2 Å². The zero-order valence-electron chi connectivity index (χ0n) is 12.3. The minimum absolute atomic E-state index is 0.204. The second kappa shape index (κ2) is 6.66. The number of nitrogens with zero attached hydrogens (tertiary/aromatic N) is 1. The molecule has 5 nitrogen and oxygen atoms in total. The van der Waals surface area contributed by atoms with Gasteiger partial charge in [-0.15, -0.1) is 0 Å². The number of rotatable bonds is 5. The predicted molar refractivity (Wildman–Crippen MR) is 89.4 cm³/mol. The van der Waals surface area contributed by atoms with Gasteiger partial charge in [-0.3, -0.25) is 0 Å². The lowest BCUT2D eigenvalue weighted by Crippen LogP contribution is -1.96. The van der Waals surface area contributed by atoms with Gasteiger partial charge in [0.05, 0.1) is 23.2 Å². The summed E-state index contributed by atoms with van der Waals surface area (Å²) in [5, 5.41) is 9.78. The molecule has 0 aliphatic carbocycles. The van der Waals surface area contributed by atoms with E-state index in [0.717, 1.165) is 11.3 Å². The fourth-order valence-electron chi connectivity index (χ4n) is 2.18. The molecule has 0 aliphatic heterocycles. The molecular weight excluding hydrogens is 339 g/mol. The number of halogens is 2. The van der Waals surface area contributed by atoms with Gasteiger partial charge in [-0.2, -0.15) is 0 Å². The van der Waals surface area contributed by atoms with Crippen LogP contribution in [0, 0.1) is 0 Å². The summed E-state index contributed by atoms with van der Waals surface area (Å²) in [7, 11) is 1.62. The second-order valence-electron chi connectivity index (χ2n) is 4.88. The van der Waals surface area contributed by atoms with E-state index in [-0.39, 0.29) is 6.61 Å². The third-order valence-corrected chi connectivity index (χ3v) is 4.23. The van der Waals surface area contributed by atoms with Crippen molar-refractivity contribution < 1.29 is 14.6 Å². The van der Waals surface area contributed by atoms with Crippen molar-refractivity contribution in [3.63, 3.8) is 0 Å². The summed E-state index contributed by atoms with van der Waals surface area (Å²) in [5.74, 6) is 1.64. The first-order valence-corrected chi connectivity index (χ1v) is 7.61. The molecule has 0 radical (unpaired) electrons. The molecule has 0 amide bonds. The van der Waals surface area contributed by atoms with Crippen LogP contribution in [0.2, 0.25) is 10.0 Å². The Balaban J connectivity index is 1.85. The van der Waals surface area contributed by atoms with Crippen molar-refractivity contribution in [1.29, 1.82) is 0 Å². The predicted octanol–water partition coefficient (Wildman–Crippen LogP) is 3.95. The molecule has 2 aromatic carbocycles. The van der Waals surface area contributed by atoms with Crippen molar-refractivity contribution >= 4 is 34.2 Å². The maximum atomic E-state index is 9.15. The fraction of sp³-hybridized carbons (Fsp3) is 0.188. The SMILES string of the molecule is COc1ccc(COc2cc3nc(CO)[nH]c3c(Cl)c2Cl)cc1. The molecule has 0 unspecified atom stereocenters. The lowest BCUT2D eigenvalue weighted by atomic mass is 10.2. The summed E-state index contributed by atoms with van der Waals surface area (Å²) in [4.78, 5) is 7.15. The molecular formula is C16H14Cl2N2O3. The monoisotopic (exact) mass is 352 g/mol. The van der Waals surface area contributed by atoms with Gasteiger partial charge in [0.15, 0.2) is 0 Å². The highest BCUT2D eigenvalue weighted by atomic mass is 35.5. The number of hydrogen-bond acceptors (Lipinski definition) is 4. The Morgan fingerprint density at radius 1 is 1.17 bits per heavy atom. The Morgan fingerprint density at radius 2 is 1.91 bits per heavy atom. The number of aromatic nitrogens is 2. The molecule has 0 fully saturated rings. The zero-order valence-corrected chi connectivity index (χ0v) is 13.8. The Labute approximate surface area is 142 Å². The first-order chi connectivity index (χ1) is 11.1. The van der Waals surface area contributed by atoms with E-state index in [2.05, 4.69) is 9.97 Å². The van der Waals surface area contributed by atoms with Crippen LogP contribution in [0.5, 0.6) is 11.5 Å². The first-order valence-electron chi connectivity index (χ1n) is 6.85. The number of aromatic amines is 1. The van der Waals surface area contributed by atoms with Crippen LogP contribution in [-0.4, -0.2) is 22.2 Å². The number of nitrogens with one attached hydrogen (secondary N) is 1. The number of aliphatic hydroxyl groups excluding tert-OH is 1. The van der Waals surface area contributed by atoms with Crippen LogP contribution >= 0.6 is 23.2 Å². The minimum atomic E-state index is -0.204. The number of H-pyrrole nitrogens is 1. The van der Waals surface area contributed by atoms with E-state index in [4.69, 9.17) is 37.8 Å². The van der Waals surface area contributed by atoms with Gasteiger partial charge in [-0.1, -0.05) is 35.3 Å². The molecule has 1 heterocycles. The number of aliphatic hydroxyl groups is 1. The highest BCUT2D eigenvalue weighted by Gasteiger charge is 2.15. The fourth-order valence-corrected chi connectivity index (χ4v) is 2.62. The number of methoxy groups -OCH3 is 1. The van der Waals surface area contributed by atoms with Gasteiger partial charge >= 0.3 is 0 Å². The topological polar surface area (TPSA) is 67.4 Å². The average Bonchev–Trinajstić information content (AvgIpc) is 3.00. The van der Waals surface area contributed by atoms with Crippen molar-refractivity contribution in [3.05, 3.63) is 51.8 Å². The maximum absolute atomic E-state index is 9.15. The molecule has 3 rings (SSSR count). The van der Waals surface area contributed by atoms with E-state index in [1.165, 1.54) is 0 Å². The number of hydrogen-bond donors (Lipinski definition) is 2. The third-order valence-electron chi connectivity index (χ3n) is 3.38. The van der Waals surface area contributed by atoms with Crippen LogP contribution in [0.4, 0.5) is 0 Å². The molecule has 3 aromatic rings. The van der Waals surface area contributed by atoms with Gasteiger partial charge in [0.25, 0.3) is 0 Å². The quantitative estimate of drug-likeness (QED) is 0.729. The number of fused-ring (bicyclic) bond motifs is 1. The Bertz CT molecular complexity index is 831. The van der Waals surface area contributed by atoms with E-state index in [0.29, 0.717) is 39.3 Å². The first kappa shape index (κ1) is 15.9. The number of imidazole rings is 1. The molecule has 0 atom stereocenters.